The van der Waals surface area contributed by atoms with Crippen LogP contribution in [-0.2, 0) is 6.54 Å². The van der Waals surface area contributed by atoms with Gasteiger partial charge in [0.2, 0.25) is 5.69 Å². The number of oxime groups is 1. The van der Waals surface area contributed by atoms with E-state index in [-0.39, 0.29) is 12.4 Å². The molecule has 0 saturated heterocycles. The van der Waals surface area contributed by atoms with Gasteiger partial charge in [0.05, 0.1) is 0 Å². The lowest BCUT2D eigenvalue weighted by atomic mass is 10.2. The summed E-state index contributed by atoms with van der Waals surface area (Å²) in [4.78, 5) is 0. The molecule has 0 unspecified atom stereocenters. The van der Waals surface area contributed by atoms with Crippen LogP contribution in [0, 0.1) is 0 Å². The van der Waals surface area contributed by atoms with Gasteiger partial charge in [0.1, 0.15) is 6.21 Å². The van der Waals surface area contributed by atoms with Crippen LogP contribution in [-0.4, -0.2) is 11.4 Å². The highest BCUT2D eigenvalue weighted by atomic mass is 35.5. The van der Waals surface area contributed by atoms with Crippen LogP contribution in [0.25, 0.3) is 10.1 Å². The Bertz CT molecular complexity index is 739. The molecule has 20 heavy (non-hydrogen) atoms. The van der Waals surface area contributed by atoms with Gasteiger partial charge in [0, 0.05) is 33.2 Å². The van der Waals surface area contributed by atoms with Gasteiger partial charge in [0.15, 0.2) is 12.7 Å². The van der Waals surface area contributed by atoms with Gasteiger partial charge in [-0.15, -0.1) is 11.3 Å². The zero-order valence-corrected chi connectivity index (χ0v) is 12.2. The molecule has 2 aromatic heterocycles. The largest absolute Gasteiger partial charge is 1.00 e. The van der Waals surface area contributed by atoms with Crippen molar-refractivity contribution >= 4 is 27.6 Å². The number of nitrogens with zero attached hydrogens (tertiary/aromatic N) is 2. The highest BCUT2D eigenvalue weighted by Crippen LogP contribution is 2.25. The van der Waals surface area contributed by atoms with Crippen LogP contribution in [0.1, 0.15) is 11.3 Å². The molecule has 2 heterocycles. The molecule has 1 aromatic carbocycles. The van der Waals surface area contributed by atoms with E-state index in [1.54, 1.807) is 11.3 Å². The maximum absolute atomic E-state index is 8.70. The Balaban J connectivity index is 0.00000147. The maximum Gasteiger partial charge on any atom is 0.227 e. The molecular formula is C15H13ClN2OS. The normalized spacial score (nSPS) is 10.8. The fourth-order valence-corrected chi connectivity index (χ4v) is 3.10. The highest BCUT2D eigenvalue weighted by Gasteiger charge is 2.12. The molecule has 102 valence electrons. The molecule has 0 fully saturated rings. The maximum atomic E-state index is 8.70. The molecule has 1 N–H and O–H groups in total. The Morgan fingerprint density at radius 3 is 2.80 bits per heavy atom. The number of fused-ring (bicyclic) bond motifs is 1. The number of thiophene rings is 1. The minimum atomic E-state index is 0. The predicted octanol–water partition coefficient (Wildman–Crippen LogP) is 0.0492. The Hall–Kier alpha value is -1.91. The number of hydrogen-bond acceptors (Lipinski definition) is 3. The molecule has 3 rings (SSSR count). The molecule has 0 aliphatic carbocycles. The third kappa shape index (κ3) is 2.81. The van der Waals surface area contributed by atoms with E-state index in [1.807, 2.05) is 24.4 Å². The molecule has 3 nitrogen and oxygen atoms in total. The molecule has 0 atom stereocenters. The fourth-order valence-electron chi connectivity index (χ4n) is 2.15. The lowest BCUT2D eigenvalue weighted by molar-refractivity contribution is -0.689. The first-order chi connectivity index (χ1) is 9.38. The molecule has 0 spiro atoms. The molecule has 5 heteroatoms. The van der Waals surface area contributed by atoms with E-state index < -0.39 is 0 Å². The highest BCUT2D eigenvalue weighted by molar-refractivity contribution is 7.17. The Kier molecular flexibility index (Phi) is 4.71. The van der Waals surface area contributed by atoms with Crippen molar-refractivity contribution in [3.05, 3.63) is 65.3 Å². The van der Waals surface area contributed by atoms with Crippen LogP contribution < -0.4 is 17.0 Å². The number of benzene rings is 1. The van der Waals surface area contributed by atoms with Crippen LogP contribution in [0.2, 0.25) is 0 Å². The summed E-state index contributed by atoms with van der Waals surface area (Å²) in [7, 11) is 0. The molecule has 0 aliphatic heterocycles. The van der Waals surface area contributed by atoms with Gasteiger partial charge >= 0.3 is 0 Å². The average molecular weight is 305 g/mol. The smallest absolute Gasteiger partial charge is 0.227 e. The first-order valence-corrected chi connectivity index (χ1v) is 6.87. The fraction of sp³-hybridized carbons (Fsp3) is 0.0667. The van der Waals surface area contributed by atoms with Crippen LogP contribution in [0.15, 0.2) is 59.2 Å². The van der Waals surface area contributed by atoms with Gasteiger partial charge in [-0.1, -0.05) is 23.4 Å². The second kappa shape index (κ2) is 6.50. The van der Waals surface area contributed by atoms with Crippen molar-refractivity contribution in [3.8, 4) is 0 Å². The number of halogens is 1. The van der Waals surface area contributed by atoms with E-state index in [0.717, 1.165) is 12.2 Å². The quantitative estimate of drug-likeness (QED) is 0.316. The molecule has 0 saturated carbocycles. The second-order valence-electron chi connectivity index (χ2n) is 4.26. The number of rotatable bonds is 3. The predicted molar refractivity (Wildman–Crippen MR) is 76.9 cm³/mol. The zero-order valence-electron chi connectivity index (χ0n) is 10.6. The third-order valence-corrected chi connectivity index (χ3v) is 4.08. The van der Waals surface area contributed by atoms with Crippen LogP contribution in [0.4, 0.5) is 0 Å². The van der Waals surface area contributed by atoms with Crippen LogP contribution >= 0.6 is 11.3 Å². The Morgan fingerprint density at radius 1 is 1.15 bits per heavy atom. The Morgan fingerprint density at radius 2 is 1.95 bits per heavy atom. The minimum absolute atomic E-state index is 0. The number of aromatic nitrogens is 1. The number of hydrogen-bond donors (Lipinski definition) is 1. The van der Waals surface area contributed by atoms with Gasteiger partial charge in [-0.3, -0.25) is 0 Å². The molecular weight excluding hydrogens is 292 g/mol. The summed E-state index contributed by atoms with van der Waals surface area (Å²) in [6.07, 6.45) is 3.44. The van der Waals surface area contributed by atoms with E-state index in [9.17, 15) is 0 Å². The van der Waals surface area contributed by atoms with Gasteiger partial charge in [-0.25, -0.2) is 0 Å². The summed E-state index contributed by atoms with van der Waals surface area (Å²) in [5, 5.41) is 15.3. The van der Waals surface area contributed by atoms with E-state index in [4.69, 9.17) is 5.21 Å². The summed E-state index contributed by atoms with van der Waals surface area (Å²) in [6.45, 7) is 0.770. The van der Waals surface area contributed by atoms with Crippen molar-refractivity contribution in [1.29, 1.82) is 0 Å². The first kappa shape index (κ1) is 14.5. The van der Waals surface area contributed by atoms with Crippen molar-refractivity contribution in [3.63, 3.8) is 0 Å². The summed E-state index contributed by atoms with van der Waals surface area (Å²) in [5.74, 6) is 0. The zero-order chi connectivity index (χ0) is 13.1. The molecule has 0 aliphatic rings. The number of pyridine rings is 1. The third-order valence-electron chi connectivity index (χ3n) is 3.07. The van der Waals surface area contributed by atoms with Crippen molar-refractivity contribution in [2.45, 2.75) is 6.54 Å². The summed E-state index contributed by atoms with van der Waals surface area (Å²) >= 11 is 1.76. The SMILES string of the molecule is O/N=C/c1cccc[n+]1Cc1csc2ccccc12.[Cl-]. The van der Waals surface area contributed by atoms with E-state index in [2.05, 4.69) is 39.4 Å². The van der Waals surface area contributed by atoms with Crippen LogP contribution in [0.3, 0.4) is 0 Å². The van der Waals surface area contributed by atoms with Crippen molar-refractivity contribution < 1.29 is 22.2 Å². The Labute approximate surface area is 127 Å². The van der Waals surface area contributed by atoms with Crippen molar-refractivity contribution in [1.82, 2.24) is 0 Å². The minimum Gasteiger partial charge on any atom is -1.00 e. The second-order valence-corrected chi connectivity index (χ2v) is 5.17. The van der Waals surface area contributed by atoms with E-state index >= 15 is 0 Å². The van der Waals surface area contributed by atoms with Gasteiger partial charge < -0.3 is 17.6 Å². The lowest BCUT2D eigenvalue weighted by Gasteiger charge is -1.99. The van der Waals surface area contributed by atoms with Gasteiger partial charge in [-0.2, -0.15) is 4.57 Å². The van der Waals surface area contributed by atoms with Gasteiger partial charge in [-0.05, 0) is 12.1 Å². The molecule has 0 bridgehead atoms. The van der Waals surface area contributed by atoms with Crippen molar-refractivity contribution in [2.24, 2.45) is 5.16 Å². The molecule has 0 radical (unpaired) electrons. The van der Waals surface area contributed by atoms with E-state index in [0.29, 0.717) is 0 Å². The summed E-state index contributed by atoms with van der Waals surface area (Å²) in [6, 6.07) is 14.2. The standard InChI is InChI=1S/C15H12N2OS.ClH/c18-16-9-13-5-3-4-8-17(13)10-12-11-19-15-7-2-1-6-14(12)15;/h1-9,11H,10H2;1H. The lowest BCUT2D eigenvalue weighted by Crippen LogP contribution is -3.00. The molecule has 0 amide bonds. The van der Waals surface area contributed by atoms with Crippen molar-refractivity contribution in [2.75, 3.05) is 0 Å². The average Bonchev–Trinajstić information content (AvgIpc) is 2.85. The van der Waals surface area contributed by atoms with E-state index in [1.165, 1.54) is 21.9 Å². The monoisotopic (exact) mass is 304 g/mol. The topological polar surface area (TPSA) is 36.5 Å². The van der Waals surface area contributed by atoms with Gasteiger partial charge in [0.25, 0.3) is 0 Å². The summed E-state index contributed by atoms with van der Waals surface area (Å²) < 4.78 is 3.36. The first-order valence-electron chi connectivity index (χ1n) is 5.99. The summed E-state index contributed by atoms with van der Waals surface area (Å²) in [5.41, 5.74) is 2.16. The van der Waals surface area contributed by atoms with Crippen LogP contribution in [0.5, 0.6) is 0 Å². The molecule has 3 aromatic rings.